The molecule has 140 valence electrons. The molecule has 1 saturated heterocycles. The van der Waals surface area contributed by atoms with Crippen molar-refractivity contribution in [1.82, 2.24) is 15.5 Å². The summed E-state index contributed by atoms with van der Waals surface area (Å²) in [6.45, 7) is 15.2. The molecule has 2 rings (SSSR count). The van der Waals surface area contributed by atoms with Gasteiger partial charge in [0, 0.05) is 26.2 Å². The van der Waals surface area contributed by atoms with Crippen LogP contribution in [0.2, 0.25) is 0 Å². The highest BCUT2D eigenvalue weighted by Crippen LogP contribution is 2.16. The van der Waals surface area contributed by atoms with Gasteiger partial charge in [0.25, 0.3) is 0 Å². The average Bonchev–Trinajstić information content (AvgIpc) is 2.58. The van der Waals surface area contributed by atoms with E-state index in [1.165, 1.54) is 43.6 Å². The van der Waals surface area contributed by atoms with Crippen molar-refractivity contribution in [3.05, 3.63) is 35.4 Å². The molecule has 1 unspecified atom stereocenters. The third-order valence-corrected chi connectivity index (χ3v) is 4.67. The molecule has 0 radical (unpaired) electrons. The van der Waals surface area contributed by atoms with E-state index in [1.807, 2.05) is 0 Å². The number of hydrogen-bond acceptors (Lipinski definition) is 2. The van der Waals surface area contributed by atoms with Crippen LogP contribution in [0.15, 0.2) is 29.3 Å². The predicted molar refractivity (Wildman–Crippen MR) is 108 cm³/mol. The zero-order chi connectivity index (χ0) is 18.1. The Bertz CT molecular complexity index is 521. The van der Waals surface area contributed by atoms with E-state index in [2.05, 4.69) is 67.5 Å². The Morgan fingerprint density at radius 2 is 2.00 bits per heavy atom. The van der Waals surface area contributed by atoms with E-state index in [0.29, 0.717) is 0 Å². The molecule has 0 saturated carbocycles. The van der Waals surface area contributed by atoms with Gasteiger partial charge in [-0.1, -0.05) is 43.7 Å². The number of aryl methyl sites for hydroxylation is 1. The number of hydrogen-bond donors (Lipinski definition) is 2. The van der Waals surface area contributed by atoms with Crippen LogP contribution in [0.4, 0.5) is 0 Å². The van der Waals surface area contributed by atoms with Gasteiger partial charge in [-0.15, -0.1) is 0 Å². The van der Waals surface area contributed by atoms with Crippen molar-refractivity contribution in [3.8, 4) is 0 Å². The topological polar surface area (TPSA) is 39.7 Å². The Balaban J connectivity index is 1.83. The minimum Gasteiger partial charge on any atom is -0.357 e. The average molecular weight is 345 g/mol. The molecular weight excluding hydrogens is 308 g/mol. The molecule has 1 aromatic rings. The van der Waals surface area contributed by atoms with Gasteiger partial charge in [0.2, 0.25) is 0 Å². The lowest BCUT2D eigenvalue weighted by atomic mass is 9.97. The van der Waals surface area contributed by atoms with Gasteiger partial charge in [-0.2, -0.15) is 0 Å². The molecule has 0 bridgehead atoms. The molecule has 0 amide bonds. The summed E-state index contributed by atoms with van der Waals surface area (Å²) in [7, 11) is 0. The van der Waals surface area contributed by atoms with Crippen LogP contribution in [-0.2, 0) is 6.54 Å². The third kappa shape index (κ3) is 7.47. The smallest absolute Gasteiger partial charge is 0.191 e. The second-order valence-electron chi connectivity index (χ2n) is 7.72. The lowest BCUT2D eigenvalue weighted by Gasteiger charge is -2.34. The Kier molecular flexibility index (Phi) is 8.26. The summed E-state index contributed by atoms with van der Waals surface area (Å²) in [6, 6.07) is 8.62. The van der Waals surface area contributed by atoms with Gasteiger partial charge in [-0.25, -0.2) is 4.99 Å². The molecular formula is C21H36N4. The molecule has 2 N–H and O–H groups in total. The zero-order valence-electron chi connectivity index (χ0n) is 16.5. The first-order valence-corrected chi connectivity index (χ1v) is 9.87. The highest BCUT2D eigenvalue weighted by molar-refractivity contribution is 5.79. The maximum Gasteiger partial charge on any atom is 0.191 e. The Labute approximate surface area is 154 Å². The molecule has 0 aromatic heterocycles. The minimum atomic E-state index is 0.718. The fourth-order valence-electron chi connectivity index (χ4n) is 3.45. The van der Waals surface area contributed by atoms with Gasteiger partial charge in [-0.3, -0.25) is 0 Å². The summed E-state index contributed by atoms with van der Waals surface area (Å²) in [5.41, 5.74) is 2.55. The van der Waals surface area contributed by atoms with E-state index in [4.69, 9.17) is 4.99 Å². The monoisotopic (exact) mass is 344 g/mol. The fourth-order valence-corrected chi connectivity index (χ4v) is 3.45. The fraction of sp³-hybridized carbons (Fsp3) is 0.667. The Morgan fingerprint density at radius 1 is 1.24 bits per heavy atom. The van der Waals surface area contributed by atoms with Crippen LogP contribution in [0.1, 0.15) is 44.7 Å². The number of aliphatic imine (C=N–C) groups is 1. The largest absolute Gasteiger partial charge is 0.357 e. The Hall–Kier alpha value is -1.55. The lowest BCUT2D eigenvalue weighted by molar-refractivity contribution is 0.159. The van der Waals surface area contributed by atoms with Gasteiger partial charge in [0.05, 0.1) is 6.54 Å². The van der Waals surface area contributed by atoms with Crippen LogP contribution in [0.3, 0.4) is 0 Å². The quantitative estimate of drug-likeness (QED) is 0.588. The molecule has 1 heterocycles. The van der Waals surface area contributed by atoms with Crippen molar-refractivity contribution in [1.29, 1.82) is 0 Å². The lowest BCUT2D eigenvalue weighted by Crippen LogP contribution is -2.45. The van der Waals surface area contributed by atoms with Crippen LogP contribution >= 0.6 is 0 Å². The maximum absolute atomic E-state index is 4.75. The standard InChI is InChI=1S/C21H36N4/c1-5-22-21(23-13-19-10-8-18(4)9-11-19)24-14-20-7-6-12-25(16-20)15-17(2)3/h8-11,17,20H,5-7,12-16H2,1-4H3,(H2,22,23,24). The summed E-state index contributed by atoms with van der Waals surface area (Å²) in [5.74, 6) is 2.40. The van der Waals surface area contributed by atoms with Crippen molar-refractivity contribution < 1.29 is 0 Å². The van der Waals surface area contributed by atoms with Gasteiger partial charge in [0.15, 0.2) is 5.96 Å². The van der Waals surface area contributed by atoms with Crippen LogP contribution in [-0.4, -0.2) is 43.6 Å². The van der Waals surface area contributed by atoms with Crippen LogP contribution in [0.5, 0.6) is 0 Å². The second kappa shape index (κ2) is 10.4. The summed E-state index contributed by atoms with van der Waals surface area (Å²) < 4.78 is 0. The maximum atomic E-state index is 4.75. The van der Waals surface area contributed by atoms with Crippen molar-refractivity contribution >= 4 is 5.96 Å². The van der Waals surface area contributed by atoms with E-state index < -0.39 is 0 Å². The van der Waals surface area contributed by atoms with Crippen molar-refractivity contribution in [2.24, 2.45) is 16.8 Å². The van der Waals surface area contributed by atoms with Gasteiger partial charge >= 0.3 is 0 Å². The highest BCUT2D eigenvalue weighted by Gasteiger charge is 2.20. The van der Waals surface area contributed by atoms with Crippen molar-refractivity contribution in [2.45, 2.75) is 47.1 Å². The molecule has 1 aliphatic heterocycles. The number of nitrogens with one attached hydrogen (secondary N) is 2. The first-order valence-electron chi connectivity index (χ1n) is 9.87. The summed E-state index contributed by atoms with van der Waals surface area (Å²) in [6.07, 6.45) is 2.63. The first-order chi connectivity index (χ1) is 12.1. The van der Waals surface area contributed by atoms with Crippen LogP contribution < -0.4 is 10.6 Å². The molecule has 1 atom stereocenters. The highest BCUT2D eigenvalue weighted by atomic mass is 15.2. The van der Waals surface area contributed by atoms with E-state index in [0.717, 1.165) is 37.4 Å². The number of piperidine rings is 1. The molecule has 25 heavy (non-hydrogen) atoms. The minimum absolute atomic E-state index is 0.718. The summed E-state index contributed by atoms with van der Waals surface area (Å²) in [4.78, 5) is 7.37. The summed E-state index contributed by atoms with van der Waals surface area (Å²) in [5, 5.41) is 6.93. The second-order valence-corrected chi connectivity index (χ2v) is 7.72. The van der Waals surface area contributed by atoms with E-state index >= 15 is 0 Å². The number of benzene rings is 1. The molecule has 1 aromatic carbocycles. The van der Waals surface area contributed by atoms with Crippen molar-refractivity contribution in [2.75, 3.05) is 32.7 Å². The van der Waals surface area contributed by atoms with Gasteiger partial charge in [0.1, 0.15) is 0 Å². The molecule has 0 spiro atoms. The van der Waals surface area contributed by atoms with E-state index in [1.54, 1.807) is 0 Å². The molecule has 1 aliphatic rings. The van der Waals surface area contributed by atoms with E-state index in [-0.39, 0.29) is 0 Å². The van der Waals surface area contributed by atoms with Crippen LogP contribution in [0, 0.1) is 18.8 Å². The van der Waals surface area contributed by atoms with Crippen LogP contribution in [0.25, 0.3) is 0 Å². The molecule has 4 nitrogen and oxygen atoms in total. The van der Waals surface area contributed by atoms with Crippen molar-refractivity contribution in [3.63, 3.8) is 0 Å². The number of likely N-dealkylation sites (tertiary alicyclic amines) is 1. The molecule has 0 aliphatic carbocycles. The normalized spacial score (nSPS) is 19.2. The van der Waals surface area contributed by atoms with E-state index in [9.17, 15) is 0 Å². The number of rotatable bonds is 7. The van der Waals surface area contributed by atoms with Gasteiger partial charge < -0.3 is 15.5 Å². The third-order valence-electron chi connectivity index (χ3n) is 4.67. The van der Waals surface area contributed by atoms with Gasteiger partial charge in [-0.05, 0) is 50.6 Å². The number of guanidine groups is 1. The SMILES string of the molecule is CCNC(=NCc1ccc(C)cc1)NCC1CCCN(CC(C)C)C1. The zero-order valence-corrected chi connectivity index (χ0v) is 16.5. The molecule has 1 fully saturated rings. The first kappa shape index (κ1) is 19.8. The summed E-state index contributed by atoms with van der Waals surface area (Å²) >= 11 is 0. The number of nitrogens with zero attached hydrogens (tertiary/aromatic N) is 2. The predicted octanol–water partition coefficient (Wildman–Crippen LogP) is 3.42. The Morgan fingerprint density at radius 3 is 2.68 bits per heavy atom. The molecule has 4 heteroatoms.